The summed E-state index contributed by atoms with van der Waals surface area (Å²) >= 11 is 1.17. The van der Waals surface area contributed by atoms with E-state index in [1.54, 1.807) is 12.4 Å². The number of aromatic nitrogens is 3. The molecule has 0 saturated heterocycles. The topological polar surface area (TPSA) is 86.0 Å². The molecule has 1 saturated carbocycles. The van der Waals surface area contributed by atoms with Gasteiger partial charge in [-0.2, -0.15) is 13.2 Å². The Bertz CT molecular complexity index is 1010. The molecule has 1 aromatic carbocycles. The van der Waals surface area contributed by atoms with E-state index in [4.69, 9.17) is 9.88 Å². The summed E-state index contributed by atoms with van der Waals surface area (Å²) in [4.78, 5) is 13.5. The molecule has 2 heterocycles. The number of halogens is 3. The van der Waals surface area contributed by atoms with Gasteiger partial charge in [-0.05, 0) is 73.0 Å². The van der Waals surface area contributed by atoms with Gasteiger partial charge in [-0.3, -0.25) is 10.1 Å². The number of anilines is 2. The summed E-state index contributed by atoms with van der Waals surface area (Å²) < 4.78 is 45.1. The fraction of sp³-hybridized carbons (Fsp3) is 0.286. The minimum atomic E-state index is -4.48. The van der Waals surface area contributed by atoms with Crippen molar-refractivity contribution < 1.29 is 17.9 Å². The van der Waals surface area contributed by atoms with Crippen molar-refractivity contribution in [3.63, 3.8) is 0 Å². The van der Waals surface area contributed by atoms with Crippen LogP contribution in [0.2, 0.25) is 0 Å². The molecule has 3 aromatic rings. The highest BCUT2D eigenvalue weighted by Crippen LogP contribution is 2.40. The Morgan fingerprint density at radius 3 is 2.45 bits per heavy atom. The largest absolute Gasteiger partial charge is 0.488 e. The number of nitrogens with zero attached hydrogens (tertiary/aromatic N) is 3. The maximum Gasteiger partial charge on any atom is 0.420 e. The molecule has 0 amide bonds. The Morgan fingerprint density at radius 2 is 1.77 bits per heavy atom. The van der Waals surface area contributed by atoms with E-state index in [9.17, 15) is 13.2 Å². The zero-order chi connectivity index (χ0) is 21.8. The minimum Gasteiger partial charge on any atom is -0.488 e. The first-order valence-electron chi connectivity index (χ1n) is 9.66. The molecule has 1 fully saturated rings. The number of ether oxygens (including phenoxy) is 1. The monoisotopic (exact) mass is 447 g/mol. The van der Waals surface area contributed by atoms with Crippen LogP contribution < -0.4 is 15.2 Å². The molecule has 2 unspecified atom stereocenters. The van der Waals surface area contributed by atoms with Crippen molar-refractivity contribution in [2.45, 2.75) is 42.4 Å². The second kappa shape index (κ2) is 9.11. The third kappa shape index (κ3) is 5.26. The molecule has 162 valence electrons. The molecule has 0 aliphatic heterocycles. The number of benzene rings is 1. The molecular weight excluding hydrogens is 427 g/mol. The number of nitrogens with one attached hydrogen (secondary N) is 1. The van der Waals surface area contributed by atoms with Crippen LogP contribution in [0.1, 0.15) is 36.3 Å². The van der Waals surface area contributed by atoms with Crippen LogP contribution in [-0.2, 0) is 6.18 Å². The van der Waals surface area contributed by atoms with E-state index in [-0.39, 0.29) is 17.8 Å². The van der Waals surface area contributed by atoms with Crippen molar-refractivity contribution in [1.82, 2.24) is 15.0 Å². The lowest BCUT2D eigenvalue weighted by Crippen LogP contribution is -2.16. The third-order valence-corrected chi connectivity index (χ3v) is 5.70. The molecular formula is C21H20F3N5OS. The first-order chi connectivity index (χ1) is 14.9. The van der Waals surface area contributed by atoms with Gasteiger partial charge in [0.15, 0.2) is 0 Å². The summed E-state index contributed by atoms with van der Waals surface area (Å²) in [6.07, 6.45) is 2.99. The summed E-state index contributed by atoms with van der Waals surface area (Å²) in [5.74, 6) is 0.370. The van der Waals surface area contributed by atoms with Crippen LogP contribution in [0.15, 0.2) is 60.0 Å². The SMILES string of the molecule is NSc1ccc(Nc2ncc(C3CCC(Oc4cnccc4C(F)(F)F)C3)cn2)cc1. The second-order valence-corrected chi connectivity index (χ2v) is 7.93. The fourth-order valence-electron chi connectivity index (χ4n) is 3.60. The zero-order valence-corrected chi connectivity index (χ0v) is 17.2. The summed E-state index contributed by atoms with van der Waals surface area (Å²) in [5.41, 5.74) is 0.980. The van der Waals surface area contributed by atoms with Crippen molar-refractivity contribution in [2.75, 3.05) is 5.32 Å². The predicted molar refractivity (Wildman–Crippen MR) is 112 cm³/mol. The van der Waals surface area contributed by atoms with Crippen molar-refractivity contribution in [2.24, 2.45) is 5.14 Å². The van der Waals surface area contributed by atoms with Gasteiger partial charge in [0.25, 0.3) is 0 Å². The van der Waals surface area contributed by atoms with Crippen molar-refractivity contribution in [3.8, 4) is 5.75 Å². The number of hydrogen-bond donors (Lipinski definition) is 2. The lowest BCUT2D eigenvalue weighted by Gasteiger charge is -2.18. The average molecular weight is 447 g/mol. The molecule has 6 nitrogen and oxygen atoms in total. The molecule has 2 aromatic heterocycles. The first-order valence-corrected chi connectivity index (χ1v) is 10.5. The lowest BCUT2D eigenvalue weighted by molar-refractivity contribution is -0.139. The number of hydrogen-bond acceptors (Lipinski definition) is 7. The Kier molecular flexibility index (Phi) is 6.28. The molecule has 0 radical (unpaired) electrons. The summed E-state index contributed by atoms with van der Waals surface area (Å²) in [7, 11) is 0. The molecule has 0 bridgehead atoms. The fourth-order valence-corrected chi connectivity index (χ4v) is 3.89. The van der Waals surface area contributed by atoms with Crippen molar-refractivity contribution >= 4 is 23.6 Å². The number of rotatable bonds is 6. The van der Waals surface area contributed by atoms with Gasteiger partial charge in [0.2, 0.25) is 5.95 Å². The maximum absolute atomic E-state index is 13.2. The van der Waals surface area contributed by atoms with Crippen LogP contribution in [0.25, 0.3) is 0 Å². The van der Waals surface area contributed by atoms with Crippen molar-refractivity contribution in [1.29, 1.82) is 0 Å². The van der Waals surface area contributed by atoms with E-state index in [1.807, 2.05) is 24.3 Å². The highest BCUT2D eigenvalue weighted by Gasteiger charge is 2.36. The van der Waals surface area contributed by atoms with Crippen LogP contribution in [0.5, 0.6) is 5.75 Å². The highest BCUT2D eigenvalue weighted by molar-refractivity contribution is 7.97. The predicted octanol–water partition coefficient (Wildman–Crippen LogP) is 5.31. The zero-order valence-electron chi connectivity index (χ0n) is 16.3. The number of alkyl halides is 3. The van der Waals surface area contributed by atoms with E-state index in [2.05, 4.69) is 20.3 Å². The lowest BCUT2D eigenvalue weighted by atomic mass is 10.0. The molecule has 10 heteroatoms. The summed E-state index contributed by atoms with van der Waals surface area (Å²) in [6.45, 7) is 0. The van der Waals surface area contributed by atoms with Crippen LogP contribution >= 0.6 is 11.9 Å². The molecule has 1 aliphatic rings. The molecule has 0 spiro atoms. The van der Waals surface area contributed by atoms with Gasteiger partial charge in [0, 0.05) is 29.2 Å². The van der Waals surface area contributed by atoms with E-state index >= 15 is 0 Å². The highest BCUT2D eigenvalue weighted by atomic mass is 32.2. The minimum absolute atomic E-state index is 0.130. The van der Waals surface area contributed by atoms with E-state index in [0.29, 0.717) is 18.8 Å². The van der Waals surface area contributed by atoms with Gasteiger partial charge >= 0.3 is 6.18 Å². The van der Waals surface area contributed by atoms with Gasteiger partial charge in [0.05, 0.1) is 12.3 Å². The Balaban J connectivity index is 1.37. The van der Waals surface area contributed by atoms with E-state index < -0.39 is 11.7 Å². The molecule has 1 aliphatic carbocycles. The summed E-state index contributed by atoms with van der Waals surface area (Å²) in [6, 6.07) is 8.50. The normalized spacial score (nSPS) is 18.7. The van der Waals surface area contributed by atoms with Crippen LogP contribution in [0, 0.1) is 0 Å². The van der Waals surface area contributed by atoms with E-state index in [1.165, 1.54) is 11.9 Å². The number of nitrogens with two attached hydrogens (primary N) is 1. The van der Waals surface area contributed by atoms with Gasteiger partial charge in [0.1, 0.15) is 11.3 Å². The van der Waals surface area contributed by atoms with Gasteiger partial charge in [-0.15, -0.1) is 0 Å². The van der Waals surface area contributed by atoms with Gasteiger partial charge < -0.3 is 10.1 Å². The maximum atomic E-state index is 13.2. The molecule has 31 heavy (non-hydrogen) atoms. The third-order valence-electron chi connectivity index (χ3n) is 5.16. The Hall–Kier alpha value is -2.85. The van der Waals surface area contributed by atoms with Crippen LogP contribution in [0.3, 0.4) is 0 Å². The van der Waals surface area contributed by atoms with Crippen LogP contribution in [-0.4, -0.2) is 21.1 Å². The Morgan fingerprint density at radius 1 is 1.03 bits per heavy atom. The second-order valence-electron chi connectivity index (χ2n) is 7.23. The Labute approximate surface area is 181 Å². The molecule has 3 N–H and O–H groups in total. The van der Waals surface area contributed by atoms with E-state index in [0.717, 1.165) is 41.0 Å². The molecule has 2 atom stereocenters. The van der Waals surface area contributed by atoms with Gasteiger partial charge in [-0.25, -0.2) is 9.97 Å². The first kappa shape index (κ1) is 21.4. The average Bonchev–Trinajstić information content (AvgIpc) is 3.23. The molecule has 4 rings (SSSR count). The van der Waals surface area contributed by atoms with Crippen LogP contribution in [0.4, 0.5) is 24.8 Å². The van der Waals surface area contributed by atoms with Crippen molar-refractivity contribution in [3.05, 3.63) is 66.2 Å². The standard InChI is InChI=1S/C21H20F3N5OS/c22-21(23,24)18-7-8-26-12-19(18)30-16-4-1-13(9-16)14-10-27-20(28-11-14)29-15-2-5-17(31-25)6-3-15/h2-3,5-8,10-13,16H,1,4,9,25H2,(H,27,28,29). The van der Waals surface area contributed by atoms with Gasteiger partial charge in [-0.1, -0.05) is 0 Å². The quantitative estimate of drug-likeness (QED) is 0.495. The summed E-state index contributed by atoms with van der Waals surface area (Å²) in [5, 5.41) is 8.64. The number of pyridine rings is 1. The smallest absolute Gasteiger partial charge is 0.420 e.